The first-order valence-corrected chi connectivity index (χ1v) is 17.0. The molecule has 0 spiro atoms. The predicted molar refractivity (Wildman–Crippen MR) is 179 cm³/mol. The van der Waals surface area contributed by atoms with Gasteiger partial charge in [-0.05, 0) is 92.5 Å². The molecule has 4 aliphatic carbocycles. The Bertz CT molecular complexity index is 2080. The molecule has 5 heterocycles. The molecule has 1 amide bonds. The van der Waals surface area contributed by atoms with Crippen molar-refractivity contribution in [2.75, 3.05) is 5.32 Å². The second-order valence-corrected chi connectivity index (χ2v) is 14.8. The zero-order chi connectivity index (χ0) is 31.0. The third-order valence-electron chi connectivity index (χ3n) is 10.7. The summed E-state index contributed by atoms with van der Waals surface area (Å²) in [5, 5.41) is 17.9. The first-order valence-electron chi connectivity index (χ1n) is 16.2. The fraction of sp³-hybridized carbons (Fsp3) is 0.371. The predicted octanol–water partition coefficient (Wildman–Crippen LogP) is 7.02. The molecule has 4 fully saturated rings. The van der Waals surface area contributed by atoms with Crippen LogP contribution in [-0.2, 0) is 6.54 Å². The van der Waals surface area contributed by atoms with Gasteiger partial charge in [-0.15, -0.1) is 10.2 Å². The lowest BCUT2D eigenvalue weighted by Gasteiger charge is -2.48. The van der Waals surface area contributed by atoms with E-state index in [1.165, 1.54) is 44.9 Å². The number of para-hydroxylation sites is 1. The number of nitrogens with two attached hydrogens (primary N) is 1. The Hall–Kier alpha value is -4.64. The molecule has 5 aromatic heterocycles. The number of rotatable bonds is 7. The van der Waals surface area contributed by atoms with Crippen molar-refractivity contribution >= 4 is 44.1 Å². The largest absolute Gasteiger partial charge is 0.365 e. The van der Waals surface area contributed by atoms with Crippen molar-refractivity contribution in [1.82, 2.24) is 34.3 Å². The number of carbonyl (C=O) groups excluding carboxylic acids is 1. The molecule has 2 unspecified atom stereocenters. The van der Waals surface area contributed by atoms with Gasteiger partial charge in [-0.1, -0.05) is 36.3 Å². The van der Waals surface area contributed by atoms with Crippen LogP contribution in [0.5, 0.6) is 0 Å². The average molecular weight is 630 g/mol. The number of hydrogen-bond acceptors (Lipinski definition) is 8. The van der Waals surface area contributed by atoms with Crippen molar-refractivity contribution in [3.05, 3.63) is 72.3 Å². The van der Waals surface area contributed by atoms with Crippen LogP contribution in [-0.4, -0.2) is 40.3 Å². The van der Waals surface area contributed by atoms with Crippen LogP contribution in [0.15, 0.2) is 61.1 Å². The van der Waals surface area contributed by atoms with Crippen LogP contribution < -0.4 is 11.1 Å². The molecule has 0 radical (unpaired) electrons. The molecule has 0 aliphatic heterocycles. The molecule has 2 atom stereocenters. The van der Waals surface area contributed by atoms with Crippen molar-refractivity contribution in [3.8, 4) is 22.5 Å². The highest BCUT2D eigenvalue weighted by molar-refractivity contribution is 7.22. The molecule has 10 rings (SSSR count). The number of amides is 1. The standard InChI is InChI=1S/C35H35N9OS/c1-20-26(18-38-44(20)19-35-14-21-6-7-22(15-35)13-23(12-21)16-35)25-10-11-43-32(41-42-33(43)30(25)31(36)45)24-8-9-29(37-17-24)40-34-39-27-4-2-3-5-28(27)46-34/h2-5,8-11,17-18,21-23H,6-7,12-16,19H2,1H3,(H2,36,45)(H,37,39,40). The molecule has 3 N–H and O–H groups in total. The lowest BCUT2D eigenvalue weighted by Crippen LogP contribution is -2.40. The number of anilines is 2. The van der Waals surface area contributed by atoms with E-state index in [2.05, 4.69) is 43.2 Å². The number of pyridine rings is 2. The molecular weight excluding hydrogens is 595 g/mol. The number of nitrogens with one attached hydrogen (secondary N) is 1. The molecule has 6 aromatic rings. The Balaban J connectivity index is 1.01. The lowest BCUT2D eigenvalue weighted by atomic mass is 9.58. The summed E-state index contributed by atoms with van der Waals surface area (Å²) in [6, 6.07) is 13.8. The summed E-state index contributed by atoms with van der Waals surface area (Å²) in [7, 11) is 0. The van der Waals surface area contributed by atoms with Crippen molar-refractivity contribution in [1.29, 1.82) is 0 Å². The molecule has 11 heteroatoms. The number of carbonyl (C=O) groups is 1. The van der Waals surface area contributed by atoms with Crippen molar-refractivity contribution in [3.63, 3.8) is 0 Å². The minimum atomic E-state index is -0.544. The van der Waals surface area contributed by atoms with Crippen LogP contribution in [0.1, 0.15) is 61.0 Å². The van der Waals surface area contributed by atoms with E-state index in [1.807, 2.05) is 48.8 Å². The van der Waals surface area contributed by atoms with Gasteiger partial charge in [0.2, 0.25) is 0 Å². The summed E-state index contributed by atoms with van der Waals surface area (Å²) in [5.41, 5.74) is 11.5. The number of nitrogens with zero attached hydrogens (tertiary/aromatic N) is 7. The highest BCUT2D eigenvalue weighted by Gasteiger charge is 2.48. The third-order valence-corrected chi connectivity index (χ3v) is 11.7. The Morgan fingerprint density at radius 1 is 1.00 bits per heavy atom. The monoisotopic (exact) mass is 629 g/mol. The minimum absolute atomic E-state index is 0.340. The van der Waals surface area contributed by atoms with Crippen LogP contribution in [0.3, 0.4) is 0 Å². The smallest absolute Gasteiger partial charge is 0.253 e. The maximum Gasteiger partial charge on any atom is 0.253 e. The van der Waals surface area contributed by atoms with E-state index in [0.717, 1.165) is 62.0 Å². The van der Waals surface area contributed by atoms with Crippen molar-refractivity contribution in [2.45, 2.75) is 58.4 Å². The van der Waals surface area contributed by atoms with Gasteiger partial charge in [-0.3, -0.25) is 13.9 Å². The van der Waals surface area contributed by atoms with E-state index in [9.17, 15) is 4.79 Å². The number of fused-ring (bicyclic) bond motifs is 3. The Labute approximate surface area is 270 Å². The molecule has 4 saturated carbocycles. The van der Waals surface area contributed by atoms with Crippen molar-refractivity contribution < 1.29 is 4.79 Å². The third kappa shape index (κ3) is 4.59. The molecule has 0 saturated heterocycles. The normalized spacial score (nSPS) is 23.7. The van der Waals surface area contributed by atoms with Crippen molar-refractivity contribution in [2.24, 2.45) is 28.9 Å². The molecule has 10 nitrogen and oxygen atoms in total. The van der Waals surface area contributed by atoms with Crippen LogP contribution in [0.4, 0.5) is 10.9 Å². The van der Waals surface area contributed by atoms with Crippen LogP contribution in [0.2, 0.25) is 0 Å². The van der Waals surface area contributed by atoms with Gasteiger partial charge >= 0.3 is 0 Å². The van der Waals surface area contributed by atoms with Crippen LogP contribution in [0.25, 0.3) is 38.4 Å². The van der Waals surface area contributed by atoms with E-state index in [0.29, 0.717) is 28.3 Å². The van der Waals surface area contributed by atoms with Gasteiger partial charge in [0.25, 0.3) is 5.91 Å². The van der Waals surface area contributed by atoms with E-state index in [4.69, 9.17) is 10.8 Å². The summed E-state index contributed by atoms with van der Waals surface area (Å²) >= 11 is 1.58. The van der Waals surface area contributed by atoms with Gasteiger partial charge in [-0.2, -0.15) is 5.10 Å². The number of aromatic nitrogens is 7. The van der Waals surface area contributed by atoms with Gasteiger partial charge in [-0.25, -0.2) is 9.97 Å². The Morgan fingerprint density at radius 2 is 1.80 bits per heavy atom. The number of benzene rings is 1. The first-order chi connectivity index (χ1) is 22.4. The SMILES string of the molecule is Cc1c(-c2ccn3c(-c4ccc(Nc5nc6ccccc6s5)nc4)nnc3c2C(N)=O)cnn1CC12CC3CCC(CC(C3)C1)C2. The Morgan fingerprint density at radius 3 is 2.57 bits per heavy atom. The van der Waals surface area contributed by atoms with Gasteiger partial charge < -0.3 is 11.1 Å². The quantitative estimate of drug-likeness (QED) is 0.194. The lowest BCUT2D eigenvalue weighted by molar-refractivity contribution is 0.0169. The van der Waals surface area contributed by atoms with E-state index in [-0.39, 0.29) is 0 Å². The maximum absolute atomic E-state index is 13.0. The molecule has 46 heavy (non-hydrogen) atoms. The topological polar surface area (TPSA) is 129 Å². The van der Waals surface area contributed by atoms with E-state index in [1.54, 1.807) is 21.9 Å². The molecular formula is C35H35N9OS. The zero-order valence-electron chi connectivity index (χ0n) is 25.7. The minimum Gasteiger partial charge on any atom is -0.365 e. The number of primary amides is 1. The van der Waals surface area contributed by atoms with Crippen LogP contribution >= 0.6 is 11.3 Å². The highest BCUT2D eigenvalue weighted by atomic mass is 32.1. The van der Waals surface area contributed by atoms with Gasteiger partial charge in [0.15, 0.2) is 16.6 Å². The van der Waals surface area contributed by atoms with Gasteiger partial charge in [0, 0.05) is 41.3 Å². The van der Waals surface area contributed by atoms with Gasteiger partial charge in [0.1, 0.15) is 5.82 Å². The summed E-state index contributed by atoms with van der Waals surface area (Å²) in [4.78, 5) is 22.2. The highest BCUT2D eigenvalue weighted by Crippen LogP contribution is 2.58. The van der Waals surface area contributed by atoms with Gasteiger partial charge in [0.05, 0.1) is 22.0 Å². The molecule has 232 valence electrons. The number of thiazole rings is 1. The number of hydrogen-bond donors (Lipinski definition) is 2. The first kappa shape index (κ1) is 27.7. The molecule has 4 bridgehead atoms. The summed E-state index contributed by atoms with van der Waals surface area (Å²) in [5.74, 6) is 3.32. The molecule has 1 aromatic carbocycles. The second kappa shape index (κ2) is 10.4. The maximum atomic E-state index is 13.0. The zero-order valence-corrected chi connectivity index (χ0v) is 26.5. The second-order valence-electron chi connectivity index (χ2n) is 13.8. The summed E-state index contributed by atoms with van der Waals surface area (Å²) in [6.45, 7) is 3.05. The molecule has 4 aliphatic rings. The summed E-state index contributed by atoms with van der Waals surface area (Å²) in [6.07, 6.45) is 15.1. The van der Waals surface area contributed by atoms with Crippen LogP contribution in [0, 0.1) is 30.1 Å². The summed E-state index contributed by atoms with van der Waals surface area (Å²) < 4.78 is 5.10. The fourth-order valence-corrected chi connectivity index (χ4v) is 9.88. The Kier molecular flexibility index (Phi) is 6.28. The van der Waals surface area contributed by atoms with E-state index < -0.39 is 5.91 Å². The fourth-order valence-electron chi connectivity index (χ4n) is 9.01. The van der Waals surface area contributed by atoms with E-state index >= 15 is 0 Å². The average Bonchev–Trinajstić information content (AvgIpc) is 3.71.